The molecule has 0 radical (unpaired) electrons. The molecule has 76 heavy (non-hydrogen) atoms. The quantitative estimate of drug-likeness (QED) is 0.172. The zero-order chi connectivity index (χ0) is 51.8. The van der Waals surface area contributed by atoms with Gasteiger partial charge >= 0.3 is 0 Å². The molecule has 14 aromatic rings. The SMILES string of the molecule is CC(C)(C)c1ccc(C(C)(C)C)c(-c2ccc3c(c2)c2ccccc2n3-c2c(C#N)c(-n3c4ccccc4c4ccccc43)c(-n3c4ccccc4c4ccccc43)c(-n3c4ccccc4c4ccccc43)c2C#N)c1. The van der Waals surface area contributed by atoms with Crippen molar-refractivity contribution < 1.29 is 0 Å². The van der Waals surface area contributed by atoms with Crippen LogP contribution in [0.1, 0.15) is 63.8 Å². The van der Waals surface area contributed by atoms with Crippen LogP contribution in [0.5, 0.6) is 0 Å². The Morgan fingerprint density at radius 2 is 0.618 bits per heavy atom. The van der Waals surface area contributed by atoms with Crippen molar-refractivity contribution in [3.05, 3.63) is 229 Å². The Hall–Kier alpha value is -9.62. The summed E-state index contributed by atoms with van der Waals surface area (Å²) in [4.78, 5) is 0. The van der Waals surface area contributed by atoms with Crippen LogP contribution in [0.2, 0.25) is 0 Å². The van der Waals surface area contributed by atoms with Crippen molar-refractivity contribution in [3.63, 3.8) is 0 Å². The predicted molar refractivity (Wildman–Crippen MR) is 316 cm³/mol. The molecule has 0 fully saturated rings. The van der Waals surface area contributed by atoms with Gasteiger partial charge in [-0.15, -0.1) is 0 Å². The van der Waals surface area contributed by atoms with Crippen molar-refractivity contribution in [2.45, 2.75) is 52.4 Å². The van der Waals surface area contributed by atoms with Crippen LogP contribution in [0.25, 0.3) is 121 Å². The predicted octanol–water partition coefficient (Wildman–Crippen LogP) is 18.1. The summed E-state index contributed by atoms with van der Waals surface area (Å²) in [6.07, 6.45) is 0. The van der Waals surface area contributed by atoms with Gasteiger partial charge in [-0.25, -0.2) is 0 Å². The second kappa shape index (κ2) is 16.4. The summed E-state index contributed by atoms with van der Waals surface area (Å²) >= 11 is 0. The zero-order valence-electron chi connectivity index (χ0n) is 43.3. The summed E-state index contributed by atoms with van der Waals surface area (Å²) < 4.78 is 9.13. The standard InChI is InChI=1S/C70H52N6/c1-69(2,3)44-36-37-56(70(4,5)6)52(40-44)43-35-38-64-53(39-43)51-27-13-20-34-63(51)73(64)65-54(41-71)66(74-57-28-14-7-21-45(57)46-22-8-15-29-58(46)74)68(76-61-32-18-11-25-49(61)50-26-12-19-33-62(50)76)67(55(65)42-72)75-59-30-16-9-23-47(59)48-24-10-17-31-60(48)75/h7-40H,1-6H3. The van der Waals surface area contributed by atoms with Crippen LogP contribution in [0.3, 0.4) is 0 Å². The molecule has 0 spiro atoms. The first kappa shape index (κ1) is 45.0. The monoisotopic (exact) mass is 976 g/mol. The van der Waals surface area contributed by atoms with Gasteiger partial charge in [0.2, 0.25) is 0 Å². The number of nitrogens with zero attached hydrogens (tertiary/aromatic N) is 6. The lowest BCUT2D eigenvalue weighted by Gasteiger charge is -2.27. The number of hydrogen-bond acceptors (Lipinski definition) is 2. The van der Waals surface area contributed by atoms with Crippen molar-refractivity contribution in [2.75, 3.05) is 0 Å². The van der Waals surface area contributed by atoms with Crippen LogP contribution >= 0.6 is 0 Å². The molecule has 0 unspecified atom stereocenters. The van der Waals surface area contributed by atoms with Gasteiger partial charge in [-0.3, -0.25) is 0 Å². The molecule has 0 saturated carbocycles. The van der Waals surface area contributed by atoms with E-state index in [-0.39, 0.29) is 10.8 Å². The molecule has 10 aromatic carbocycles. The summed E-state index contributed by atoms with van der Waals surface area (Å²) in [5, 5.41) is 33.5. The Labute approximate surface area is 440 Å². The van der Waals surface area contributed by atoms with Crippen LogP contribution in [0, 0.1) is 22.7 Å². The fourth-order valence-electron chi connectivity index (χ4n) is 12.6. The first-order valence-electron chi connectivity index (χ1n) is 26.1. The number of fused-ring (bicyclic) bond motifs is 12. The molecule has 4 aromatic heterocycles. The lowest BCUT2D eigenvalue weighted by molar-refractivity contribution is 0.578. The Morgan fingerprint density at radius 1 is 0.303 bits per heavy atom. The van der Waals surface area contributed by atoms with E-state index in [1.54, 1.807) is 0 Å². The second-order valence-electron chi connectivity index (χ2n) is 22.3. The van der Waals surface area contributed by atoms with E-state index in [1.165, 1.54) is 16.7 Å². The molecule has 0 saturated heterocycles. The van der Waals surface area contributed by atoms with E-state index >= 15 is 0 Å². The molecular weight excluding hydrogens is 925 g/mol. The summed E-state index contributed by atoms with van der Waals surface area (Å²) in [5.41, 5.74) is 15.5. The van der Waals surface area contributed by atoms with Gasteiger partial charge in [0.15, 0.2) is 0 Å². The van der Waals surface area contributed by atoms with Crippen LogP contribution in [0.4, 0.5) is 0 Å². The van der Waals surface area contributed by atoms with Gasteiger partial charge in [0, 0.05) is 43.1 Å². The highest BCUT2D eigenvalue weighted by molar-refractivity contribution is 6.16. The lowest BCUT2D eigenvalue weighted by atomic mass is 9.78. The van der Waals surface area contributed by atoms with Crippen LogP contribution in [-0.2, 0) is 10.8 Å². The van der Waals surface area contributed by atoms with E-state index in [0.29, 0.717) is 28.2 Å². The van der Waals surface area contributed by atoms with E-state index in [2.05, 4.69) is 278 Å². The van der Waals surface area contributed by atoms with Crippen molar-refractivity contribution in [3.8, 4) is 46.0 Å². The minimum absolute atomic E-state index is 0.0553. The minimum atomic E-state index is -0.122. The molecule has 0 aliphatic heterocycles. The molecule has 0 aliphatic carbocycles. The smallest absolute Gasteiger partial charge is 0.104 e. The fraction of sp³-hybridized carbons (Fsp3) is 0.114. The number of nitriles is 2. The minimum Gasteiger partial charge on any atom is -0.306 e. The van der Waals surface area contributed by atoms with Crippen LogP contribution < -0.4 is 0 Å². The molecule has 0 N–H and O–H groups in total. The first-order valence-corrected chi connectivity index (χ1v) is 26.1. The first-order chi connectivity index (χ1) is 37.0. The average molecular weight is 977 g/mol. The summed E-state index contributed by atoms with van der Waals surface area (Å²) in [5.74, 6) is 0. The van der Waals surface area contributed by atoms with Crippen LogP contribution in [-0.4, -0.2) is 18.3 Å². The fourth-order valence-corrected chi connectivity index (χ4v) is 12.6. The molecule has 4 heterocycles. The van der Waals surface area contributed by atoms with E-state index in [0.717, 1.165) is 98.5 Å². The van der Waals surface area contributed by atoms with Gasteiger partial charge in [0.1, 0.15) is 23.3 Å². The third-order valence-corrected chi connectivity index (χ3v) is 15.9. The summed E-state index contributed by atoms with van der Waals surface area (Å²) in [6.45, 7) is 13.7. The largest absolute Gasteiger partial charge is 0.306 e. The molecule has 362 valence electrons. The normalized spacial score (nSPS) is 12.3. The Bertz CT molecular complexity index is 4550. The van der Waals surface area contributed by atoms with Gasteiger partial charge in [0.25, 0.3) is 0 Å². The third-order valence-electron chi connectivity index (χ3n) is 15.9. The van der Waals surface area contributed by atoms with Gasteiger partial charge in [-0.2, -0.15) is 10.5 Å². The van der Waals surface area contributed by atoms with Gasteiger partial charge in [0.05, 0.1) is 66.9 Å². The number of benzene rings is 10. The van der Waals surface area contributed by atoms with Gasteiger partial charge in [-0.1, -0.05) is 193 Å². The summed E-state index contributed by atoms with van der Waals surface area (Å²) in [6, 6.07) is 79.0. The number of aromatic nitrogens is 4. The highest BCUT2D eigenvalue weighted by Crippen LogP contribution is 2.49. The lowest BCUT2D eigenvalue weighted by Crippen LogP contribution is -2.17. The Kier molecular flexibility index (Phi) is 9.74. The number of rotatable bonds is 5. The van der Waals surface area contributed by atoms with E-state index in [4.69, 9.17) is 0 Å². The molecule has 0 bridgehead atoms. The van der Waals surface area contributed by atoms with Gasteiger partial charge < -0.3 is 18.3 Å². The summed E-state index contributed by atoms with van der Waals surface area (Å²) in [7, 11) is 0. The molecular formula is C70H52N6. The maximum absolute atomic E-state index is 12.5. The van der Waals surface area contributed by atoms with Crippen molar-refractivity contribution in [1.29, 1.82) is 10.5 Å². The zero-order valence-corrected chi connectivity index (χ0v) is 43.3. The molecule has 0 atom stereocenters. The number of para-hydroxylation sites is 7. The Balaban J connectivity index is 1.24. The highest BCUT2D eigenvalue weighted by atomic mass is 15.1. The maximum atomic E-state index is 12.5. The van der Waals surface area contributed by atoms with Crippen molar-refractivity contribution in [1.82, 2.24) is 18.3 Å². The average Bonchev–Trinajstić information content (AvgIpc) is 4.23. The van der Waals surface area contributed by atoms with Crippen LogP contribution in [0.15, 0.2) is 206 Å². The maximum Gasteiger partial charge on any atom is 0.104 e. The van der Waals surface area contributed by atoms with E-state index < -0.39 is 0 Å². The molecule has 14 rings (SSSR count). The molecule has 0 aliphatic rings. The van der Waals surface area contributed by atoms with E-state index in [1.807, 2.05) is 0 Å². The molecule has 0 amide bonds. The van der Waals surface area contributed by atoms with Gasteiger partial charge in [-0.05, 0) is 87.7 Å². The van der Waals surface area contributed by atoms with Crippen molar-refractivity contribution >= 4 is 87.2 Å². The number of hydrogen-bond donors (Lipinski definition) is 0. The topological polar surface area (TPSA) is 67.3 Å². The van der Waals surface area contributed by atoms with E-state index in [9.17, 15) is 10.5 Å². The molecule has 6 nitrogen and oxygen atoms in total. The molecule has 6 heteroatoms. The second-order valence-corrected chi connectivity index (χ2v) is 22.3. The third kappa shape index (κ3) is 6.38. The van der Waals surface area contributed by atoms with Crippen molar-refractivity contribution in [2.24, 2.45) is 0 Å². The Morgan fingerprint density at radius 3 is 0.961 bits per heavy atom. The highest BCUT2D eigenvalue weighted by Gasteiger charge is 2.35.